The highest BCUT2D eigenvalue weighted by atomic mass is 19.3. The second-order valence-corrected chi connectivity index (χ2v) is 35.3. The van der Waals surface area contributed by atoms with Crippen LogP contribution in [0.1, 0.15) is 383 Å². The zero-order chi connectivity index (χ0) is 92.9. The predicted octanol–water partition coefficient (Wildman–Crippen LogP) is 24.5. The van der Waals surface area contributed by atoms with Crippen molar-refractivity contribution < 1.29 is 66.0 Å². The number of unbranched alkanes of at least 4 members (excludes halogenated alkanes) is 6. The number of ether oxygens (including phenoxy) is 6. The Hall–Kier alpha value is -9.64. The molecular formula is C105H159F2N9O12. The molecule has 11 rings (SSSR count). The fourth-order valence-electron chi connectivity index (χ4n) is 17.5. The lowest BCUT2D eigenvalue weighted by molar-refractivity contribution is -0.0361. The van der Waals surface area contributed by atoms with Crippen LogP contribution >= 0.6 is 0 Å². The molecule has 128 heavy (non-hydrogen) atoms. The summed E-state index contributed by atoms with van der Waals surface area (Å²) in [5.74, 6) is -2.27. The Kier molecular flexibility index (Phi) is 51.1. The van der Waals surface area contributed by atoms with Crippen molar-refractivity contribution in [1.82, 2.24) is 0 Å². The Morgan fingerprint density at radius 1 is 0.305 bits per heavy atom. The van der Waals surface area contributed by atoms with Crippen molar-refractivity contribution >= 4 is 81.3 Å². The number of esters is 6. The molecule has 0 aliphatic heterocycles. The highest BCUT2D eigenvalue weighted by molar-refractivity contribution is 5.94. The van der Waals surface area contributed by atoms with Gasteiger partial charge in [-0.2, -0.15) is 0 Å². The SMILES string of the molecule is CCCCCCCCCc1ccc(C(=O)OCC)cc1N.CCOC(=O)c1ccc(CC2CCCCCC2)c(N)c1.CCOC(=O)c1ccc(CC2CCCCCCC2)c(N)c1.CCOC(=O)c1ccc(CC2CCCCCCCCCCC2)c(N)c1.CCOC(=O)c1ccc(NC2CCC(F)(F)CC2)c(N)c1.CCOC(=O)c1ccc(NC2CCC(N)CC2)c(N)c1. The average molecular weight is 1780 g/mol. The fourth-order valence-corrected chi connectivity index (χ4v) is 17.5. The van der Waals surface area contributed by atoms with Crippen LogP contribution in [0, 0.1) is 17.8 Å². The molecule has 0 aromatic heterocycles. The number of carbonyl (C=O) groups is 6. The van der Waals surface area contributed by atoms with Gasteiger partial charge in [-0.25, -0.2) is 37.5 Å². The Morgan fingerprint density at radius 3 is 0.812 bits per heavy atom. The number of aryl methyl sites for hydroxylation is 1. The second-order valence-electron chi connectivity index (χ2n) is 35.3. The minimum atomic E-state index is -2.54. The van der Waals surface area contributed by atoms with E-state index in [1.165, 1.54) is 215 Å². The Labute approximate surface area is 764 Å². The Morgan fingerprint density at radius 2 is 0.547 bits per heavy atom. The lowest BCUT2D eigenvalue weighted by Crippen LogP contribution is -2.33. The molecule has 710 valence electrons. The first-order valence-corrected chi connectivity index (χ1v) is 48.8. The number of hydrogen-bond donors (Lipinski definition) is 9. The first kappa shape index (κ1) is 107. The molecule has 23 heteroatoms. The molecule has 0 unspecified atom stereocenters. The molecule has 16 N–H and O–H groups in total. The van der Waals surface area contributed by atoms with E-state index in [0.717, 1.165) is 104 Å². The van der Waals surface area contributed by atoms with Gasteiger partial charge < -0.3 is 79.2 Å². The molecule has 5 fully saturated rings. The molecular weight excluding hydrogens is 1620 g/mol. The lowest BCUT2D eigenvalue weighted by atomic mass is 9.86. The summed E-state index contributed by atoms with van der Waals surface area (Å²) in [6, 6.07) is 33.2. The number of nitrogen functional groups attached to an aromatic ring is 6. The van der Waals surface area contributed by atoms with Crippen LogP contribution in [0.15, 0.2) is 109 Å². The van der Waals surface area contributed by atoms with Gasteiger partial charge >= 0.3 is 35.8 Å². The molecule has 6 aromatic rings. The predicted molar refractivity (Wildman–Crippen MR) is 520 cm³/mol. The number of nitrogens with one attached hydrogen (secondary N) is 2. The number of hydrogen-bond acceptors (Lipinski definition) is 21. The maximum atomic E-state index is 13.1. The van der Waals surface area contributed by atoms with Gasteiger partial charge in [-0.05, 0) is 237 Å². The van der Waals surface area contributed by atoms with E-state index in [4.69, 9.17) is 68.6 Å². The van der Waals surface area contributed by atoms with Crippen molar-refractivity contribution in [2.24, 2.45) is 23.5 Å². The minimum Gasteiger partial charge on any atom is -0.462 e. The summed E-state index contributed by atoms with van der Waals surface area (Å²) in [7, 11) is 0. The summed E-state index contributed by atoms with van der Waals surface area (Å²) in [5.41, 5.74) is 55.5. The number of benzene rings is 6. The zero-order valence-electron chi connectivity index (χ0n) is 78.7. The summed E-state index contributed by atoms with van der Waals surface area (Å²) >= 11 is 0. The minimum absolute atomic E-state index is 0.0135. The monoisotopic (exact) mass is 1780 g/mol. The van der Waals surface area contributed by atoms with Crippen LogP contribution in [0.25, 0.3) is 0 Å². The standard InChI is InChI=1S/C22H35NO2.C18H27NO2.C18H29NO2.C17H25NO2.C15H20F2N2O2.C15H23N3O2/c1-2-25-22(24)20-15-14-19(21(23)17-20)16-18-12-10-8-6-4-3-5-7-9-11-13-18;1-2-21-18(20)16-11-10-15(17(19)13-16)12-14-8-6-4-3-5-7-9-14;1-3-5-6-7-8-9-10-11-15-12-13-16(14-17(15)19)18(20)21-4-2;1-2-20-17(19)15-10-9-14(16(18)12-15)11-13-7-5-3-4-6-8-13;1-2-21-14(20)10-3-4-13(12(18)9-10)19-11-5-7-15(16,17)8-6-11;1-2-20-15(19)10-3-8-14(13(17)9-10)18-12-6-4-11(16)5-7-12/h14-15,17-18H,2-13,16,23H2,1H3;10-11,13-14H,2-9,12,19H2,1H3;12-14H,3-11,19H2,1-2H3;9-10,12-13H,2-8,11,18H2,1H3;3-4,9,11,19H,2,5-8,18H2,1H3;3,8-9,11-12,18H,2,4-7,16-17H2,1H3. The topological polar surface area (TPSA) is 364 Å². The van der Waals surface area contributed by atoms with E-state index < -0.39 is 11.9 Å². The molecule has 0 spiro atoms. The van der Waals surface area contributed by atoms with Gasteiger partial charge in [0.1, 0.15) is 0 Å². The van der Waals surface area contributed by atoms with Gasteiger partial charge in [0.25, 0.3) is 0 Å². The molecule has 21 nitrogen and oxygen atoms in total. The van der Waals surface area contributed by atoms with E-state index in [1.54, 1.807) is 69.3 Å². The number of nitrogens with two attached hydrogens (primary N) is 7. The third kappa shape index (κ3) is 41.0. The first-order chi connectivity index (χ1) is 61.8. The molecule has 0 heterocycles. The zero-order valence-corrected chi connectivity index (χ0v) is 78.7. The van der Waals surface area contributed by atoms with Crippen molar-refractivity contribution in [2.75, 3.05) is 84.7 Å². The van der Waals surface area contributed by atoms with Gasteiger partial charge in [-0.15, -0.1) is 0 Å². The molecule has 0 radical (unpaired) electrons. The van der Waals surface area contributed by atoms with E-state index in [-0.39, 0.29) is 48.7 Å². The van der Waals surface area contributed by atoms with Gasteiger partial charge in [0.15, 0.2) is 0 Å². The van der Waals surface area contributed by atoms with Gasteiger partial charge in [-0.3, -0.25) is 0 Å². The summed E-state index contributed by atoms with van der Waals surface area (Å²) < 4.78 is 56.1. The van der Waals surface area contributed by atoms with Gasteiger partial charge in [0.2, 0.25) is 5.92 Å². The van der Waals surface area contributed by atoms with Crippen LogP contribution in [0.2, 0.25) is 0 Å². The van der Waals surface area contributed by atoms with Crippen molar-refractivity contribution in [3.05, 3.63) is 165 Å². The van der Waals surface area contributed by atoms with Crippen LogP contribution < -0.4 is 50.8 Å². The number of alkyl halides is 2. The third-order valence-corrected chi connectivity index (χ3v) is 25.0. The van der Waals surface area contributed by atoms with Crippen molar-refractivity contribution in [1.29, 1.82) is 0 Å². The van der Waals surface area contributed by atoms with E-state index in [0.29, 0.717) is 121 Å². The molecule has 0 amide bonds. The van der Waals surface area contributed by atoms with Crippen LogP contribution in [0.5, 0.6) is 0 Å². The number of rotatable bonds is 30. The molecule has 0 atom stereocenters. The van der Waals surface area contributed by atoms with Crippen LogP contribution in [-0.4, -0.2) is 99.5 Å². The Bertz CT molecular complexity index is 4210. The van der Waals surface area contributed by atoms with Gasteiger partial charge in [-0.1, -0.05) is 224 Å². The quantitative estimate of drug-likeness (QED) is 0.00665. The molecule has 6 aromatic carbocycles. The van der Waals surface area contributed by atoms with Crippen molar-refractivity contribution in [3.8, 4) is 0 Å². The van der Waals surface area contributed by atoms with E-state index in [9.17, 15) is 37.5 Å². The van der Waals surface area contributed by atoms with E-state index in [1.807, 2.05) is 75.4 Å². The number of carbonyl (C=O) groups excluding carboxylic acids is 6. The maximum absolute atomic E-state index is 13.1. The molecule has 5 aliphatic rings. The molecule has 0 bridgehead atoms. The summed E-state index contributed by atoms with van der Waals surface area (Å²) in [5, 5.41) is 6.61. The summed E-state index contributed by atoms with van der Waals surface area (Å²) in [4.78, 5) is 70.0. The Balaban J connectivity index is 0.000000237. The molecule has 0 saturated heterocycles. The summed E-state index contributed by atoms with van der Waals surface area (Å²) in [6.07, 6.45) is 50.4. The molecule has 5 saturated carbocycles. The van der Waals surface area contributed by atoms with Crippen LogP contribution in [0.4, 0.5) is 54.3 Å². The van der Waals surface area contributed by atoms with Crippen LogP contribution in [0.3, 0.4) is 0 Å². The van der Waals surface area contributed by atoms with E-state index >= 15 is 0 Å². The largest absolute Gasteiger partial charge is 0.462 e. The normalized spacial score (nSPS) is 17.1. The fraction of sp³-hybridized carbons (Fsp3) is 0.600. The number of anilines is 8. The van der Waals surface area contributed by atoms with Crippen molar-refractivity contribution in [3.63, 3.8) is 0 Å². The van der Waals surface area contributed by atoms with Crippen molar-refractivity contribution in [2.45, 2.75) is 349 Å². The second kappa shape index (κ2) is 61.0. The van der Waals surface area contributed by atoms with Gasteiger partial charge in [0.05, 0.1) is 95.8 Å². The average Bonchev–Trinajstić information content (AvgIpc) is 1.10. The molecule has 5 aliphatic carbocycles. The summed E-state index contributed by atoms with van der Waals surface area (Å²) in [6.45, 7) is 15.2. The van der Waals surface area contributed by atoms with Gasteiger partial charge in [0, 0.05) is 53.7 Å². The highest BCUT2D eigenvalue weighted by Gasteiger charge is 2.35. The third-order valence-electron chi connectivity index (χ3n) is 25.0. The van der Waals surface area contributed by atoms with E-state index in [2.05, 4.69) is 17.6 Å². The van der Waals surface area contributed by atoms with Crippen LogP contribution in [-0.2, 0) is 54.1 Å². The lowest BCUT2D eigenvalue weighted by Gasteiger charge is -2.29. The smallest absolute Gasteiger partial charge is 0.338 e. The highest BCUT2D eigenvalue weighted by Crippen LogP contribution is 2.37. The number of halogens is 2. The first-order valence-electron chi connectivity index (χ1n) is 48.8. The maximum Gasteiger partial charge on any atom is 0.338 e.